The van der Waals surface area contributed by atoms with Crippen LogP contribution in [0.3, 0.4) is 0 Å². The number of ether oxygens (including phenoxy) is 1. The fraction of sp³-hybridized carbons (Fsp3) is 0.750. The fourth-order valence-electron chi connectivity index (χ4n) is 4.06. The van der Waals surface area contributed by atoms with Crippen molar-refractivity contribution < 1.29 is 13.9 Å². The van der Waals surface area contributed by atoms with E-state index in [1.54, 1.807) is 0 Å². The number of hydrogen-bond acceptors (Lipinski definition) is 5. The minimum absolute atomic E-state index is 0.0175. The first kappa shape index (κ1) is 20.0. The number of anilines is 1. The first-order valence-corrected chi connectivity index (χ1v) is 9.96. The van der Waals surface area contributed by atoms with Crippen molar-refractivity contribution in [2.24, 2.45) is 17.1 Å². The summed E-state index contributed by atoms with van der Waals surface area (Å²) < 4.78 is 18.2. The molecule has 150 valence electrons. The van der Waals surface area contributed by atoms with Crippen LogP contribution in [0.2, 0.25) is 0 Å². The van der Waals surface area contributed by atoms with Gasteiger partial charge in [0.1, 0.15) is 0 Å². The Hall–Kier alpha value is -1.76. The largest absolute Gasteiger partial charge is 0.365 e. The first-order valence-electron chi connectivity index (χ1n) is 9.96. The van der Waals surface area contributed by atoms with E-state index in [1.165, 1.54) is 26.0 Å². The van der Waals surface area contributed by atoms with Crippen molar-refractivity contribution >= 4 is 11.9 Å². The van der Waals surface area contributed by atoms with Crippen LogP contribution in [0.1, 0.15) is 75.3 Å². The normalized spacial score (nSPS) is 24.4. The molecule has 2 aliphatic rings. The Balaban J connectivity index is 1.66. The van der Waals surface area contributed by atoms with Crippen LogP contribution in [0, 0.1) is 11.3 Å². The number of alkyl halides is 1. The monoisotopic (exact) mass is 378 g/mol. The average molecular weight is 378 g/mol. The smallest absolute Gasteiger partial charge is 0.252 e. The van der Waals surface area contributed by atoms with Crippen molar-refractivity contribution in [2.45, 2.75) is 84.2 Å². The summed E-state index contributed by atoms with van der Waals surface area (Å²) >= 11 is 0. The van der Waals surface area contributed by atoms with Gasteiger partial charge in [0.15, 0.2) is 6.36 Å². The number of primary amides is 1. The predicted molar refractivity (Wildman–Crippen MR) is 102 cm³/mol. The molecule has 1 aromatic heterocycles. The molecule has 1 atom stereocenters. The highest BCUT2D eigenvalue weighted by Crippen LogP contribution is 2.47. The Kier molecular flexibility index (Phi) is 5.99. The molecule has 1 aromatic rings. The predicted octanol–water partition coefficient (Wildman–Crippen LogP) is 3.61. The minimum atomic E-state index is -1.22. The number of aromatic nitrogens is 2. The Bertz CT molecular complexity index is 668. The van der Waals surface area contributed by atoms with E-state index >= 15 is 0 Å². The molecular formula is C20H31FN4O2. The Morgan fingerprint density at radius 1 is 1.33 bits per heavy atom. The summed E-state index contributed by atoms with van der Waals surface area (Å²) in [6.45, 7) is 5.86. The van der Waals surface area contributed by atoms with Crippen LogP contribution in [0.5, 0.6) is 0 Å². The molecule has 1 unspecified atom stereocenters. The zero-order chi connectivity index (χ0) is 19.6. The maximum absolute atomic E-state index is 13.0. The topological polar surface area (TPSA) is 90.1 Å². The van der Waals surface area contributed by atoms with Crippen LogP contribution in [0.4, 0.5) is 10.3 Å². The summed E-state index contributed by atoms with van der Waals surface area (Å²) in [5.74, 6) is 0.726. The van der Waals surface area contributed by atoms with Gasteiger partial charge in [-0.2, -0.15) is 0 Å². The van der Waals surface area contributed by atoms with Gasteiger partial charge in [-0.05, 0) is 63.2 Å². The van der Waals surface area contributed by atoms with E-state index in [-0.39, 0.29) is 17.6 Å². The van der Waals surface area contributed by atoms with Gasteiger partial charge in [-0.3, -0.25) is 4.79 Å². The third-order valence-electron chi connectivity index (χ3n) is 5.83. The lowest BCUT2D eigenvalue weighted by atomic mass is 9.82. The number of amides is 1. The molecule has 0 aromatic carbocycles. The summed E-state index contributed by atoms with van der Waals surface area (Å²) in [6, 6.07) is 0.225. The highest BCUT2D eigenvalue weighted by Gasteiger charge is 2.38. The van der Waals surface area contributed by atoms with Gasteiger partial charge in [0.25, 0.3) is 5.91 Å². The third-order valence-corrected chi connectivity index (χ3v) is 5.83. The molecule has 1 heterocycles. The summed E-state index contributed by atoms with van der Waals surface area (Å²) in [7, 11) is 0. The van der Waals surface area contributed by atoms with Gasteiger partial charge < -0.3 is 15.8 Å². The number of nitrogens with one attached hydrogen (secondary N) is 1. The second kappa shape index (κ2) is 8.09. The molecular weight excluding hydrogens is 347 g/mol. The van der Waals surface area contributed by atoms with Crippen molar-refractivity contribution in [3.63, 3.8) is 0 Å². The molecule has 0 saturated heterocycles. The van der Waals surface area contributed by atoms with Crippen LogP contribution in [-0.2, 0) is 11.2 Å². The molecule has 0 bridgehead atoms. The van der Waals surface area contributed by atoms with Crippen LogP contribution < -0.4 is 11.1 Å². The second-order valence-corrected chi connectivity index (χ2v) is 8.65. The lowest BCUT2D eigenvalue weighted by Crippen LogP contribution is -2.32. The summed E-state index contributed by atoms with van der Waals surface area (Å²) in [5.41, 5.74) is 6.75. The number of halogens is 1. The summed E-state index contributed by atoms with van der Waals surface area (Å²) in [6.07, 6.45) is 6.85. The minimum Gasteiger partial charge on any atom is -0.365 e. The molecule has 1 amide bonds. The van der Waals surface area contributed by atoms with E-state index in [4.69, 9.17) is 10.5 Å². The van der Waals surface area contributed by atoms with Crippen molar-refractivity contribution in [1.82, 2.24) is 9.97 Å². The van der Waals surface area contributed by atoms with Gasteiger partial charge in [0.2, 0.25) is 5.95 Å². The van der Waals surface area contributed by atoms with Gasteiger partial charge in [-0.1, -0.05) is 13.8 Å². The molecule has 3 N–H and O–H groups in total. The number of nitrogens with zero attached hydrogens (tertiary/aromatic N) is 2. The third kappa shape index (κ3) is 5.37. The van der Waals surface area contributed by atoms with Gasteiger partial charge in [-0.15, -0.1) is 0 Å². The SMILES string of the molecule is CC(F)OC1CCC(Nc2ncc(C(N)=O)c(CC(C)(C)C3CC3)n2)CC1. The molecule has 7 heteroatoms. The molecule has 0 radical (unpaired) electrons. The number of nitrogens with two attached hydrogens (primary N) is 1. The number of rotatable bonds is 8. The molecule has 2 aliphatic carbocycles. The molecule has 2 saturated carbocycles. The maximum atomic E-state index is 13.0. The van der Waals surface area contributed by atoms with Crippen LogP contribution in [0.25, 0.3) is 0 Å². The van der Waals surface area contributed by atoms with Gasteiger partial charge >= 0.3 is 0 Å². The quantitative estimate of drug-likeness (QED) is 0.721. The van der Waals surface area contributed by atoms with Crippen molar-refractivity contribution in [2.75, 3.05) is 5.32 Å². The molecule has 0 aliphatic heterocycles. The first-order chi connectivity index (χ1) is 12.7. The zero-order valence-corrected chi connectivity index (χ0v) is 16.5. The Labute approximate surface area is 160 Å². The van der Waals surface area contributed by atoms with E-state index in [9.17, 15) is 9.18 Å². The fourth-order valence-corrected chi connectivity index (χ4v) is 4.06. The summed E-state index contributed by atoms with van der Waals surface area (Å²) in [4.78, 5) is 20.7. The van der Waals surface area contributed by atoms with Crippen molar-refractivity contribution in [1.29, 1.82) is 0 Å². The number of carbonyl (C=O) groups is 1. The van der Waals surface area contributed by atoms with Gasteiger partial charge in [0.05, 0.1) is 17.4 Å². The molecule has 2 fully saturated rings. The van der Waals surface area contributed by atoms with E-state index in [0.29, 0.717) is 23.9 Å². The zero-order valence-electron chi connectivity index (χ0n) is 16.5. The second-order valence-electron chi connectivity index (χ2n) is 8.65. The maximum Gasteiger partial charge on any atom is 0.252 e. The van der Waals surface area contributed by atoms with E-state index in [1.807, 2.05) is 0 Å². The summed E-state index contributed by atoms with van der Waals surface area (Å²) in [5, 5.41) is 3.37. The lowest BCUT2D eigenvalue weighted by molar-refractivity contribution is -0.0862. The van der Waals surface area contributed by atoms with Crippen LogP contribution >= 0.6 is 0 Å². The highest BCUT2D eigenvalue weighted by atomic mass is 19.1. The van der Waals surface area contributed by atoms with Crippen molar-refractivity contribution in [3.8, 4) is 0 Å². The van der Waals surface area contributed by atoms with E-state index in [0.717, 1.165) is 31.4 Å². The Morgan fingerprint density at radius 3 is 2.56 bits per heavy atom. The van der Waals surface area contributed by atoms with Crippen LogP contribution in [0.15, 0.2) is 6.20 Å². The standard InChI is InChI=1S/C20H31FN4O2/c1-12(21)27-15-8-6-14(7-9-15)24-19-23-11-16(18(22)26)17(25-19)10-20(2,3)13-4-5-13/h11-15H,4-10H2,1-3H3,(H2,22,26)(H,23,24,25). The number of carbonyl (C=O) groups excluding carboxylic acids is 1. The molecule has 27 heavy (non-hydrogen) atoms. The Morgan fingerprint density at radius 2 is 2.00 bits per heavy atom. The molecule has 6 nitrogen and oxygen atoms in total. The van der Waals surface area contributed by atoms with Crippen LogP contribution in [-0.4, -0.2) is 34.4 Å². The molecule has 3 rings (SSSR count). The highest BCUT2D eigenvalue weighted by molar-refractivity contribution is 5.93. The lowest BCUT2D eigenvalue weighted by Gasteiger charge is -2.30. The number of hydrogen-bond donors (Lipinski definition) is 2. The van der Waals surface area contributed by atoms with Crippen molar-refractivity contribution in [3.05, 3.63) is 17.5 Å². The van der Waals surface area contributed by atoms with Gasteiger partial charge in [-0.25, -0.2) is 14.4 Å². The molecule has 0 spiro atoms. The van der Waals surface area contributed by atoms with E-state index < -0.39 is 12.3 Å². The van der Waals surface area contributed by atoms with Gasteiger partial charge in [0, 0.05) is 12.2 Å². The van der Waals surface area contributed by atoms with E-state index in [2.05, 4.69) is 29.1 Å². The average Bonchev–Trinajstić information content (AvgIpc) is 3.41.